The van der Waals surface area contributed by atoms with Gasteiger partial charge < -0.3 is 9.47 Å². The summed E-state index contributed by atoms with van der Waals surface area (Å²) in [7, 11) is 0. The van der Waals surface area contributed by atoms with Gasteiger partial charge in [0, 0.05) is 6.42 Å². The molecule has 1 aromatic carbocycles. The molecular weight excluding hydrogens is 324 g/mol. The number of para-hydroxylation sites is 2. The first-order valence-corrected chi connectivity index (χ1v) is 8.51. The number of ether oxygens (including phenoxy) is 2. The van der Waals surface area contributed by atoms with Crippen LogP contribution in [0, 0.1) is 5.92 Å². The number of fused-ring (bicyclic) bond motifs is 1. The van der Waals surface area contributed by atoms with Gasteiger partial charge in [0.2, 0.25) is 0 Å². The molecule has 1 unspecified atom stereocenters. The van der Waals surface area contributed by atoms with Crippen molar-refractivity contribution in [2.75, 3.05) is 23.0 Å². The monoisotopic (exact) mass is 348 g/mol. The van der Waals surface area contributed by atoms with Crippen molar-refractivity contribution in [1.82, 2.24) is 0 Å². The summed E-state index contributed by atoms with van der Waals surface area (Å²) >= 11 is 0. The number of hydrogen-bond donors (Lipinski definition) is 0. The first-order valence-electron chi connectivity index (χ1n) is 8.51. The van der Waals surface area contributed by atoms with E-state index >= 15 is 0 Å². The van der Waals surface area contributed by atoms with Gasteiger partial charge in [-0.1, -0.05) is 26.0 Å². The fraction of sp³-hybridized carbons (Fsp3) is 0.500. The van der Waals surface area contributed by atoms with Crippen molar-refractivity contribution in [3.8, 4) is 0 Å². The molecular formula is C18H24N2O5. The van der Waals surface area contributed by atoms with Gasteiger partial charge in [-0.05, 0) is 26.0 Å². The molecule has 7 nitrogen and oxygen atoms in total. The van der Waals surface area contributed by atoms with Gasteiger partial charge >= 0.3 is 12.2 Å². The summed E-state index contributed by atoms with van der Waals surface area (Å²) in [4.78, 5) is 40.2. The molecule has 0 N–H and O–H groups in total. The summed E-state index contributed by atoms with van der Waals surface area (Å²) in [6.07, 6.45) is -1.70. The van der Waals surface area contributed by atoms with Gasteiger partial charge in [-0.25, -0.2) is 9.59 Å². The van der Waals surface area contributed by atoms with Gasteiger partial charge in [0.05, 0.1) is 30.5 Å². The number of hydrogen-bond acceptors (Lipinski definition) is 5. The van der Waals surface area contributed by atoms with Crippen LogP contribution >= 0.6 is 0 Å². The molecule has 0 fully saturated rings. The second kappa shape index (κ2) is 8.00. The highest BCUT2D eigenvalue weighted by Gasteiger charge is 2.48. The molecule has 2 amide bonds. The number of Topliss-reactive ketones (excluding diaryl/α,β-unsaturated/α-hetero) is 1. The van der Waals surface area contributed by atoms with E-state index in [1.54, 1.807) is 52.0 Å². The van der Waals surface area contributed by atoms with Crippen LogP contribution in [0.4, 0.5) is 21.0 Å². The largest absolute Gasteiger partial charge is 0.449 e. The molecule has 0 aliphatic carbocycles. The highest BCUT2D eigenvalue weighted by molar-refractivity contribution is 6.06. The molecule has 1 aliphatic heterocycles. The van der Waals surface area contributed by atoms with Crippen LogP contribution in [0.25, 0.3) is 0 Å². The van der Waals surface area contributed by atoms with E-state index in [0.717, 1.165) is 0 Å². The number of anilines is 2. The second-order valence-electron chi connectivity index (χ2n) is 5.65. The molecule has 2 rings (SSSR count). The second-order valence-corrected chi connectivity index (χ2v) is 5.65. The number of amides is 2. The van der Waals surface area contributed by atoms with Crippen molar-refractivity contribution in [2.24, 2.45) is 5.92 Å². The van der Waals surface area contributed by atoms with Crippen LogP contribution in [0.3, 0.4) is 0 Å². The van der Waals surface area contributed by atoms with Crippen LogP contribution in [0.2, 0.25) is 0 Å². The van der Waals surface area contributed by atoms with Crippen LogP contribution in [-0.4, -0.2) is 37.3 Å². The lowest BCUT2D eigenvalue weighted by Crippen LogP contribution is -2.54. The minimum Gasteiger partial charge on any atom is -0.449 e. The molecule has 1 atom stereocenters. The molecule has 0 radical (unpaired) electrons. The molecule has 7 heteroatoms. The minimum absolute atomic E-state index is 0.0543. The molecule has 1 aliphatic rings. The zero-order chi connectivity index (χ0) is 18.6. The first-order chi connectivity index (χ1) is 12.0. The van der Waals surface area contributed by atoms with Gasteiger partial charge in [0.1, 0.15) is 11.9 Å². The number of nitrogens with zero attached hydrogens (tertiary/aromatic N) is 2. The van der Waals surface area contributed by atoms with E-state index in [0.29, 0.717) is 17.8 Å². The maximum Gasteiger partial charge on any atom is 0.416 e. The topological polar surface area (TPSA) is 76.2 Å². The Hall–Kier alpha value is -2.57. The van der Waals surface area contributed by atoms with Crippen molar-refractivity contribution < 1.29 is 23.9 Å². The summed E-state index contributed by atoms with van der Waals surface area (Å²) < 4.78 is 10.3. The molecule has 0 spiro atoms. The minimum atomic E-state index is -0.817. The highest BCUT2D eigenvalue weighted by atomic mass is 16.6. The Morgan fingerprint density at radius 2 is 1.40 bits per heavy atom. The number of carbonyl (C=O) groups is 3. The van der Waals surface area contributed by atoms with Crippen LogP contribution < -0.4 is 9.80 Å². The van der Waals surface area contributed by atoms with Crippen molar-refractivity contribution in [1.29, 1.82) is 0 Å². The van der Waals surface area contributed by atoms with Gasteiger partial charge in [-0.15, -0.1) is 0 Å². The van der Waals surface area contributed by atoms with Crippen LogP contribution in [0.5, 0.6) is 0 Å². The smallest absolute Gasteiger partial charge is 0.416 e. The van der Waals surface area contributed by atoms with Gasteiger partial charge in [-0.3, -0.25) is 14.6 Å². The lowest BCUT2D eigenvalue weighted by molar-refractivity contribution is -0.122. The summed E-state index contributed by atoms with van der Waals surface area (Å²) in [5.41, 5.74) is 1.05. The number of carbonyl (C=O) groups excluding carboxylic acids is 3. The van der Waals surface area contributed by atoms with Crippen molar-refractivity contribution in [3.05, 3.63) is 24.3 Å². The summed E-state index contributed by atoms with van der Waals surface area (Å²) in [5, 5.41) is 0. The van der Waals surface area contributed by atoms with Gasteiger partial charge in [0.25, 0.3) is 0 Å². The third kappa shape index (κ3) is 3.45. The van der Waals surface area contributed by atoms with E-state index in [2.05, 4.69) is 0 Å². The quantitative estimate of drug-likeness (QED) is 0.813. The third-order valence-corrected chi connectivity index (χ3v) is 4.16. The molecule has 0 bridgehead atoms. The van der Waals surface area contributed by atoms with E-state index < -0.39 is 24.3 Å². The Morgan fingerprint density at radius 3 is 1.76 bits per heavy atom. The molecule has 0 saturated heterocycles. The Kier molecular flexibility index (Phi) is 6.01. The zero-order valence-electron chi connectivity index (χ0n) is 15.0. The van der Waals surface area contributed by atoms with Crippen molar-refractivity contribution in [2.45, 2.75) is 40.3 Å². The maximum absolute atomic E-state index is 12.6. The van der Waals surface area contributed by atoms with E-state index in [1.165, 1.54) is 9.80 Å². The van der Waals surface area contributed by atoms with Crippen LogP contribution in [0.1, 0.15) is 34.1 Å². The van der Waals surface area contributed by atoms with Crippen LogP contribution in [0.15, 0.2) is 24.3 Å². The lowest BCUT2D eigenvalue weighted by atomic mass is 10.00. The van der Waals surface area contributed by atoms with Gasteiger partial charge in [0.15, 0.2) is 0 Å². The van der Waals surface area contributed by atoms with E-state index in [1.807, 2.05) is 0 Å². The standard InChI is InChI=1S/C18H24N2O5/c1-5-15(21)12(4)16-19(17(22)24-6-2)13-10-8-9-11-14(13)20(16)18(23)25-7-3/h8-12,16H,5-7H2,1-4H3. The SMILES string of the molecule is CCOC(=O)N1c2ccccc2N(C(=O)OCC)C1C(C)C(=O)CC. The Labute approximate surface area is 147 Å². The van der Waals surface area contributed by atoms with E-state index in [-0.39, 0.29) is 19.0 Å². The first kappa shape index (κ1) is 18.8. The molecule has 0 saturated carbocycles. The fourth-order valence-corrected chi connectivity index (χ4v) is 3.01. The third-order valence-electron chi connectivity index (χ3n) is 4.16. The maximum atomic E-state index is 12.6. The van der Waals surface area contributed by atoms with Crippen molar-refractivity contribution >= 4 is 29.3 Å². The van der Waals surface area contributed by atoms with Crippen LogP contribution in [-0.2, 0) is 14.3 Å². The molecule has 0 aromatic heterocycles. The molecule has 1 heterocycles. The summed E-state index contributed by atoms with van der Waals surface area (Å²) in [5.74, 6) is -0.646. The molecule has 25 heavy (non-hydrogen) atoms. The normalized spacial score (nSPS) is 14.9. The fourth-order valence-electron chi connectivity index (χ4n) is 3.01. The average molecular weight is 348 g/mol. The summed E-state index contributed by atoms with van der Waals surface area (Å²) in [6, 6.07) is 6.98. The van der Waals surface area contributed by atoms with Gasteiger partial charge in [-0.2, -0.15) is 0 Å². The molecule has 1 aromatic rings. The zero-order valence-corrected chi connectivity index (χ0v) is 15.0. The number of rotatable bonds is 5. The Bertz CT molecular complexity index is 616. The van der Waals surface area contributed by atoms with E-state index in [9.17, 15) is 14.4 Å². The lowest BCUT2D eigenvalue weighted by Gasteiger charge is -2.32. The Balaban J connectivity index is 2.56. The van der Waals surface area contributed by atoms with Crippen molar-refractivity contribution in [3.63, 3.8) is 0 Å². The predicted octanol–water partition coefficient (Wildman–Crippen LogP) is 3.57. The Morgan fingerprint density at radius 1 is 0.960 bits per heavy atom. The average Bonchev–Trinajstić information content (AvgIpc) is 2.96. The van der Waals surface area contributed by atoms with E-state index in [4.69, 9.17) is 9.47 Å². The number of benzene rings is 1. The predicted molar refractivity (Wildman–Crippen MR) is 93.7 cm³/mol. The summed E-state index contributed by atoms with van der Waals surface area (Å²) in [6.45, 7) is 7.27. The number of ketones is 1. The molecule has 136 valence electrons. The highest BCUT2D eigenvalue weighted by Crippen LogP contribution is 2.43.